The first-order chi connectivity index (χ1) is 48.1. The summed E-state index contributed by atoms with van der Waals surface area (Å²) in [4.78, 5) is 37.1. The highest BCUT2D eigenvalue weighted by Gasteiger charge is 2.51. The Labute approximate surface area is 560 Å². The molecule has 4 aromatic carbocycles. The SMILES string of the molecule is OCC(O)COc1ccc2c(c1)-c1nc-2nc2[nH]c(nc3nc(nc4[nH]c(n1)c1ccc(OCC(O)CO)cc41)-c1ccc(OCCOCCOCCOCCn4cc(CO[C@@H]5O[C@H](CO)[C@@H](O[C@@H]6O[C@H](CO)[C@H](O)[C@H](O)[C@H]6O)[C@H](O)[C@H]5O)nn4)cc1-3)c1ccc(OCC(O)CO)cc21. The first-order valence-corrected chi connectivity index (χ1v) is 31.7. The normalized spacial score (nSPS) is 22.3. The van der Waals surface area contributed by atoms with E-state index < -0.39 is 113 Å². The molecule has 2 saturated heterocycles. The summed E-state index contributed by atoms with van der Waals surface area (Å²) < 4.78 is 64.9. The van der Waals surface area contributed by atoms with Crippen LogP contribution in [0.4, 0.5) is 0 Å². The molecule has 0 amide bonds. The molecule has 4 aromatic heterocycles. The number of rotatable bonds is 32. The second-order valence-corrected chi connectivity index (χ2v) is 23.4. The van der Waals surface area contributed by atoms with Crippen molar-refractivity contribution in [3.63, 3.8) is 0 Å². The van der Waals surface area contributed by atoms with E-state index in [2.05, 4.69) is 20.3 Å². The fourth-order valence-corrected chi connectivity index (χ4v) is 11.1. The average molecular weight is 1380 g/mol. The molecule has 35 nitrogen and oxygen atoms in total. The zero-order valence-corrected chi connectivity index (χ0v) is 52.9. The average Bonchev–Trinajstić information content (AvgIpc) is 1.62. The minimum atomic E-state index is -1.80. The maximum Gasteiger partial charge on any atom is 0.187 e. The summed E-state index contributed by atoms with van der Waals surface area (Å²) in [6.07, 6.45) is -17.7. The van der Waals surface area contributed by atoms with Gasteiger partial charge in [-0.05, 0) is 72.8 Å². The van der Waals surface area contributed by atoms with E-state index >= 15 is 0 Å². The minimum Gasteiger partial charge on any atom is -0.491 e. The molecule has 15 N–H and O–H groups in total. The van der Waals surface area contributed by atoms with Crippen molar-refractivity contribution < 1.29 is 118 Å². The number of fused-ring (bicyclic) bond motifs is 20. The number of H-pyrrole nitrogens is 2. The number of nitrogens with zero attached hydrogens (tertiary/aromatic N) is 9. The van der Waals surface area contributed by atoms with E-state index in [-0.39, 0.29) is 96.0 Å². The van der Waals surface area contributed by atoms with Crippen LogP contribution in [0, 0.1) is 0 Å². The number of aliphatic hydroxyl groups is 13. The molecule has 12 rings (SSSR count). The Morgan fingerprint density at radius 1 is 0.444 bits per heavy atom. The van der Waals surface area contributed by atoms with E-state index in [1.165, 1.54) is 4.68 Å². The molecule has 4 aliphatic heterocycles. The Bertz CT molecular complexity index is 4200. The quantitative estimate of drug-likeness (QED) is 0.0201. The van der Waals surface area contributed by atoms with Crippen molar-refractivity contribution in [3.05, 3.63) is 84.7 Å². The maximum atomic E-state index is 10.9. The van der Waals surface area contributed by atoms with Gasteiger partial charge in [0.15, 0.2) is 35.9 Å². The van der Waals surface area contributed by atoms with Gasteiger partial charge in [0.1, 0.15) is 145 Å². The number of aliphatic hydroxyl groups excluding tert-OH is 13. The maximum absolute atomic E-state index is 10.9. The van der Waals surface area contributed by atoms with Crippen molar-refractivity contribution in [1.29, 1.82) is 0 Å². The lowest BCUT2D eigenvalue weighted by atomic mass is 9.97. The van der Waals surface area contributed by atoms with Crippen molar-refractivity contribution in [2.24, 2.45) is 0 Å². The molecule has 0 spiro atoms. The van der Waals surface area contributed by atoms with E-state index in [1.807, 2.05) is 6.07 Å². The summed E-state index contributed by atoms with van der Waals surface area (Å²) in [7, 11) is 0. The van der Waals surface area contributed by atoms with E-state index in [0.717, 1.165) is 0 Å². The van der Waals surface area contributed by atoms with Gasteiger partial charge in [0.2, 0.25) is 0 Å². The Hall–Kier alpha value is -8.22. The Kier molecular flexibility index (Phi) is 23.1. The van der Waals surface area contributed by atoms with Crippen molar-refractivity contribution in [2.75, 3.05) is 99.1 Å². The molecule has 99 heavy (non-hydrogen) atoms. The highest BCUT2D eigenvalue weighted by molar-refractivity contribution is 6.07. The third-order valence-corrected chi connectivity index (χ3v) is 16.3. The smallest absolute Gasteiger partial charge is 0.187 e. The van der Waals surface area contributed by atoms with Crippen molar-refractivity contribution in [3.8, 4) is 68.5 Å². The van der Waals surface area contributed by atoms with E-state index in [1.54, 1.807) is 72.9 Å². The van der Waals surface area contributed by atoms with Gasteiger partial charge in [-0.1, -0.05) is 5.21 Å². The summed E-state index contributed by atoms with van der Waals surface area (Å²) >= 11 is 0. The molecular formula is C64H75N11O24. The topological polar surface area (TPSA) is 504 Å². The molecule has 8 heterocycles. The van der Waals surface area contributed by atoms with Gasteiger partial charge in [0.25, 0.3) is 0 Å². The lowest BCUT2D eigenvalue weighted by Gasteiger charge is -2.45. The molecule has 0 saturated carbocycles. The highest BCUT2D eigenvalue weighted by Crippen LogP contribution is 2.41. The highest BCUT2D eigenvalue weighted by atomic mass is 16.7. The van der Waals surface area contributed by atoms with Gasteiger partial charge < -0.3 is 128 Å². The van der Waals surface area contributed by atoms with Crippen LogP contribution in [0.25, 0.3) is 89.7 Å². The molecule has 4 aliphatic rings. The van der Waals surface area contributed by atoms with Crippen LogP contribution in [-0.4, -0.2) is 300 Å². The van der Waals surface area contributed by atoms with Crippen LogP contribution < -0.4 is 18.9 Å². The Morgan fingerprint density at radius 3 is 1.40 bits per heavy atom. The Morgan fingerprint density at radius 2 is 0.889 bits per heavy atom. The number of ether oxygens (including phenoxy) is 11. The molecule has 8 aromatic rings. The molecule has 13 atom stereocenters. The minimum absolute atomic E-state index is 0.165. The van der Waals surface area contributed by atoms with Crippen molar-refractivity contribution >= 4 is 44.1 Å². The molecule has 530 valence electrons. The number of aromatic amines is 2. The van der Waals surface area contributed by atoms with Gasteiger partial charge in [-0.3, -0.25) is 0 Å². The number of hydrogen-bond acceptors (Lipinski definition) is 32. The molecule has 0 radical (unpaired) electrons. The van der Waals surface area contributed by atoms with Crippen LogP contribution in [0.2, 0.25) is 0 Å². The number of aromatic nitrogens is 11. The fraction of sp³-hybridized carbons (Fsp3) is 0.469. The van der Waals surface area contributed by atoms with Gasteiger partial charge in [-0.15, -0.1) is 5.10 Å². The molecule has 2 fully saturated rings. The molecule has 35 heteroatoms. The van der Waals surface area contributed by atoms with Crippen LogP contribution in [0.15, 0.2) is 79.0 Å². The summed E-state index contributed by atoms with van der Waals surface area (Å²) in [5.41, 5.74) is 3.95. The zero-order chi connectivity index (χ0) is 69.3. The lowest BCUT2D eigenvalue weighted by Crippen LogP contribution is -2.64. The van der Waals surface area contributed by atoms with Crippen LogP contribution in [0.3, 0.4) is 0 Å². The van der Waals surface area contributed by atoms with Crippen molar-refractivity contribution in [1.82, 2.24) is 54.9 Å². The third-order valence-electron chi connectivity index (χ3n) is 16.3. The van der Waals surface area contributed by atoms with Crippen LogP contribution in [-0.2, 0) is 46.3 Å². The first-order valence-electron chi connectivity index (χ1n) is 31.7. The van der Waals surface area contributed by atoms with Crippen LogP contribution in [0.1, 0.15) is 5.69 Å². The standard InChI is InChI=1S/C64H75N11O24/c76-22-32(81)28-93-36-2-6-40-44(18-36)61-68-56(40)66-59-43-17-35(92-16-15-91-14-13-90-12-11-89-10-9-75-21-31(73-74-75)27-96-63-53(88)51(86)54(48(26-80)98-63)99-64-52(87)50(85)49(84)47(25-79)97-64)1-5-39(43)55(65-59)67-60-45-19-37(94-29-33(82)23-77)3-7-41(45)57(69-60)71-62-46-20-38(95-30-34(83)24-78)4-8-42(46)58(70-61)72-62/h1-8,17-21,32-34,47-54,63-64,76-88H,9-16,22-30H2,(H2,65,66,67,68,69,70,71,72)/t32?,33?,34?,47-,48-,49+,50+,51-,52-,53-,54-,63-,64+/m1/s1. The number of benzene rings is 4. The van der Waals surface area contributed by atoms with E-state index in [9.17, 15) is 66.4 Å². The van der Waals surface area contributed by atoms with Gasteiger partial charge in [-0.25, -0.2) is 34.6 Å². The summed E-state index contributed by atoms with van der Waals surface area (Å²) in [5.74, 6) is 2.59. The number of nitrogens with one attached hydrogen (secondary N) is 2. The van der Waals surface area contributed by atoms with Gasteiger partial charge in [0, 0.05) is 43.8 Å². The molecular weight excluding hydrogens is 1310 g/mol. The monoisotopic (exact) mass is 1380 g/mol. The van der Waals surface area contributed by atoms with Gasteiger partial charge in [-0.2, -0.15) is 0 Å². The Balaban J connectivity index is 0.685. The molecule has 0 aliphatic carbocycles. The van der Waals surface area contributed by atoms with E-state index in [0.29, 0.717) is 102 Å². The first kappa shape index (κ1) is 70.6. The zero-order valence-electron chi connectivity index (χ0n) is 52.9. The summed E-state index contributed by atoms with van der Waals surface area (Å²) in [6.45, 7) is -1.71. The summed E-state index contributed by atoms with van der Waals surface area (Å²) in [6, 6.07) is 20.9. The summed E-state index contributed by atoms with van der Waals surface area (Å²) in [5, 5.41) is 141. The molecule has 8 bridgehead atoms. The lowest BCUT2D eigenvalue weighted by molar-refractivity contribution is -0.360. The largest absolute Gasteiger partial charge is 0.491 e. The second kappa shape index (κ2) is 32.4. The van der Waals surface area contributed by atoms with Crippen LogP contribution in [0.5, 0.6) is 23.0 Å². The predicted octanol–water partition coefficient (Wildman–Crippen LogP) is -2.07. The molecule has 3 unspecified atom stereocenters. The predicted molar refractivity (Wildman–Crippen MR) is 341 cm³/mol. The third kappa shape index (κ3) is 16.3. The fourth-order valence-electron chi connectivity index (χ4n) is 11.1. The van der Waals surface area contributed by atoms with Crippen LogP contribution >= 0.6 is 0 Å². The number of hydrogen-bond donors (Lipinski definition) is 15. The van der Waals surface area contributed by atoms with Crippen molar-refractivity contribution in [2.45, 2.75) is 92.9 Å². The van der Waals surface area contributed by atoms with E-state index in [4.69, 9.17) is 82.0 Å². The second-order valence-electron chi connectivity index (χ2n) is 23.4. The van der Waals surface area contributed by atoms with Gasteiger partial charge in [0.05, 0.1) is 92.0 Å². The van der Waals surface area contributed by atoms with Gasteiger partial charge >= 0.3 is 0 Å².